The van der Waals surface area contributed by atoms with Crippen molar-refractivity contribution in [1.82, 2.24) is 4.90 Å². The Hall–Kier alpha value is -1.56. The molecule has 1 aliphatic heterocycles. The molecule has 6 heteroatoms. The van der Waals surface area contributed by atoms with Crippen LogP contribution in [0.25, 0.3) is 0 Å². The molecule has 0 unspecified atom stereocenters. The van der Waals surface area contributed by atoms with Crippen LogP contribution in [-0.2, 0) is 11.0 Å². The number of benzene rings is 1. The van der Waals surface area contributed by atoms with E-state index in [1.54, 1.807) is 6.07 Å². The second kappa shape index (κ2) is 6.26. The van der Waals surface area contributed by atoms with Crippen molar-refractivity contribution in [3.8, 4) is 0 Å². The first-order chi connectivity index (χ1) is 9.49. The van der Waals surface area contributed by atoms with Crippen LogP contribution in [0.15, 0.2) is 24.3 Å². The lowest BCUT2D eigenvalue weighted by Crippen LogP contribution is -2.42. The van der Waals surface area contributed by atoms with Crippen molar-refractivity contribution in [3.05, 3.63) is 29.8 Å². The highest BCUT2D eigenvalue weighted by Gasteiger charge is 2.30. The monoisotopic (exact) mass is 286 g/mol. The molecular formula is C14H17F3N2O. The number of likely N-dealkylation sites (tertiary alicyclic amines) is 1. The van der Waals surface area contributed by atoms with E-state index in [1.165, 1.54) is 6.07 Å². The molecule has 1 aliphatic rings. The lowest BCUT2D eigenvalue weighted by atomic mass is 10.0. The van der Waals surface area contributed by atoms with Crippen LogP contribution >= 0.6 is 0 Å². The molecule has 1 atom stereocenters. The van der Waals surface area contributed by atoms with Gasteiger partial charge in [0.2, 0.25) is 0 Å². The molecule has 110 valence electrons. The van der Waals surface area contributed by atoms with Crippen LogP contribution in [0, 0.1) is 0 Å². The second-order valence-electron chi connectivity index (χ2n) is 4.99. The van der Waals surface area contributed by atoms with Crippen LogP contribution in [0.2, 0.25) is 0 Å². The van der Waals surface area contributed by atoms with Crippen LogP contribution in [0.3, 0.4) is 0 Å². The van der Waals surface area contributed by atoms with Crippen molar-refractivity contribution < 1.29 is 18.0 Å². The van der Waals surface area contributed by atoms with Crippen molar-refractivity contribution in [2.45, 2.75) is 25.1 Å². The minimum Gasteiger partial charge on any atom is -0.381 e. The van der Waals surface area contributed by atoms with E-state index < -0.39 is 11.7 Å². The Bertz CT molecular complexity index is 462. The molecule has 1 heterocycles. The van der Waals surface area contributed by atoms with Gasteiger partial charge in [0.15, 0.2) is 0 Å². The van der Waals surface area contributed by atoms with Gasteiger partial charge in [0, 0.05) is 18.3 Å². The van der Waals surface area contributed by atoms with Crippen molar-refractivity contribution in [3.63, 3.8) is 0 Å². The van der Waals surface area contributed by atoms with Crippen LogP contribution in [0.1, 0.15) is 18.4 Å². The Morgan fingerprint density at radius 2 is 2.20 bits per heavy atom. The summed E-state index contributed by atoms with van der Waals surface area (Å²) in [7, 11) is 0. The number of piperidine rings is 1. The molecule has 1 saturated heterocycles. The zero-order valence-electron chi connectivity index (χ0n) is 11.0. The van der Waals surface area contributed by atoms with Gasteiger partial charge in [-0.3, -0.25) is 4.90 Å². The van der Waals surface area contributed by atoms with Crippen molar-refractivity contribution in [2.75, 3.05) is 25.0 Å². The van der Waals surface area contributed by atoms with Gasteiger partial charge in [-0.05, 0) is 37.6 Å². The second-order valence-corrected chi connectivity index (χ2v) is 4.99. The van der Waals surface area contributed by atoms with E-state index in [4.69, 9.17) is 0 Å². The fraction of sp³-hybridized carbons (Fsp3) is 0.500. The fourth-order valence-corrected chi connectivity index (χ4v) is 2.47. The number of nitrogens with one attached hydrogen (secondary N) is 1. The van der Waals surface area contributed by atoms with Gasteiger partial charge in [0.05, 0.1) is 12.1 Å². The van der Waals surface area contributed by atoms with E-state index in [1.807, 2.05) is 4.90 Å². The number of anilines is 1. The Morgan fingerprint density at radius 1 is 1.40 bits per heavy atom. The third kappa shape index (κ3) is 3.96. The maximum atomic E-state index is 12.6. The molecule has 20 heavy (non-hydrogen) atoms. The number of hydrogen-bond acceptors (Lipinski definition) is 3. The molecular weight excluding hydrogens is 269 g/mol. The number of carbonyl (C=O) groups is 1. The summed E-state index contributed by atoms with van der Waals surface area (Å²) in [6.45, 7) is 1.91. The normalized spacial score (nSPS) is 20.6. The standard InChI is InChI=1S/C14H17F3N2O/c15-14(16,17)11-3-1-4-12(9-11)18-13-5-2-6-19(10-13)7-8-20/h1,3-4,8-9,13,18H,2,5-7,10H2/t13-/m1/s1. The maximum Gasteiger partial charge on any atom is 0.416 e. The Kier molecular flexibility index (Phi) is 4.65. The van der Waals surface area contributed by atoms with E-state index in [0.29, 0.717) is 18.8 Å². The molecule has 1 N–H and O–H groups in total. The zero-order valence-corrected chi connectivity index (χ0v) is 11.0. The summed E-state index contributed by atoms with van der Waals surface area (Å²) in [5.41, 5.74) is -0.180. The first-order valence-corrected chi connectivity index (χ1v) is 6.59. The number of aldehydes is 1. The lowest BCUT2D eigenvalue weighted by molar-refractivity contribution is -0.137. The SMILES string of the molecule is O=CCN1CCC[C@@H](Nc2cccc(C(F)(F)F)c2)C1. The zero-order chi connectivity index (χ0) is 14.6. The molecule has 0 amide bonds. The van der Waals surface area contributed by atoms with E-state index >= 15 is 0 Å². The highest BCUT2D eigenvalue weighted by Crippen LogP contribution is 2.31. The van der Waals surface area contributed by atoms with Gasteiger partial charge in [0.25, 0.3) is 0 Å². The highest BCUT2D eigenvalue weighted by atomic mass is 19.4. The largest absolute Gasteiger partial charge is 0.416 e. The van der Waals surface area contributed by atoms with Gasteiger partial charge in [-0.25, -0.2) is 0 Å². The van der Waals surface area contributed by atoms with Gasteiger partial charge in [0.1, 0.15) is 6.29 Å². The molecule has 0 radical (unpaired) electrons. The van der Waals surface area contributed by atoms with Gasteiger partial charge in [-0.2, -0.15) is 13.2 Å². The average molecular weight is 286 g/mol. The summed E-state index contributed by atoms with van der Waals surface area (Å²) < 4.78 is 37.9. The topological polar surface area (TPSA) is 32.3 Å². The molecule has 0 bridgehead atoms. The molecule has 0 spiro atoms. The molecule has 1 fully saturated rings. The van der Waals surface area contributed by atoms with Crippen LogP contribution in [0.4, 0.5) is 18.9 Å². The third-order valence-corrected chi connectivity index (χ3v) is 3.40. The average Bonchev–Trinajstić information content (AvgIpc) is 2.39. The first-order valence-electron chi connectivity index (χ1n) is 6.59. The predicted octanol–water partition coefficient (Wildman–Crippen LogP) is 2.78. The summed E-state index contributed by atoms with van der Waals surface area (Å²) >= 11 is 0. The Labute approximate surface area is 115 Å². The van der Waals surface area contributed by atoms with Crippen LogP contribution in [-0.4, -0.2) is 36.9 Å². The van der Waals surface area contributed by atoms with Crippen LogP contribution < -0.4 is 5.32 Å². The fourth-order valence-electron chi connectivity index (χ4n) is 2.47. The number of hydrogen-bond donors (Lipinski definition) is 1. The number of nitrogens with zero attached hydrogens (tertiary/aromatic N) is 1. The summed E-state index contributed by atoms with van der Waals surface area (Å²) in [4.78, 5) is 12.5. The molecule has 0 saturated carbocycles. The first kappa shape index (κ1) is 14.8. The molecule has 3 nitrogen and oxygen atoms in total. The number of carbonyl (C=O) groups excluding carboxylic acids is 1. The lowest BCUT2D eigenvalue weighted by Gasteiger charge is -2.32. The van der Waals surface area contributed by atoms with Crippen molar-refractivity contribution >= 4 is 12.0 Å². The smallest absolute Gasteiger partial charge is 0.381 e. The number of rotatable bonds is 4. The Balaban J connectivity index is 2.01. The summed E-state index contributed by atoms with van der Waals surface area (Å²) in [6, 6.07) is 5.29. The maximum absolute atomic E-state index is 12.6. The summed E-state index contributed by atoms with van der Waals surface area (Å²) in [5, 5.41) is 3.12. The molecule has 0 aliphatic carbocycles. The van der Waals surface area contributed by atoms with Crippen molar-refractivity contribution in [1.29, 1.82) is 0 Å². The van der Waals surface area contributed by atoms with Crippen LogP contribution in [0.5, 0.6) is 0 Å². The van der Waals surface area contributed by atoms with Crippen molar-refractivity contribution in [2.24, 2.45) is 0 Å². The third-order valence-electron chi connectivity index (χ3n) is 3.40. The van der Waals surface area contributed by atoms with E-state index in [-0.39, 0.29) is 6.04 Å². The Morgan fingerprint density at radius 3 is 2.90 bits per heavy atom. The van der Waals surface area contributed by atoms with Gasteiger partial charge < -0.3 is 10.1 Å². The summed E-state index contributed by atoms with van der Waals surface area (Å²) in [6.07, 6.45) is -1.64. The minimum atomic E-state index is -4.33. The van der Waals surface area contributed by atoms with E-state index in [0.717, 1.165) is 37.8 Å². The molecule has 1 aromatic rings. The highest BCUT2D eigenvalue weighted by molar-refractivity contribution is 5.52. The van der Waals surface area contributed by atoms with E-state index in [9.17, 15) is 18.0 Å². The molecule has 0 aromatic heterocycles. The molecule has 2 rings (SSSR count). The van der Waals surface area contributed by atoms with Gasteiger partial charge in [-0.15, -0.1) is 0 Å². The van der Waals surface area contributed by atoms with Gasteiger partial charge >= 0.3 is 6.18 Å². The molecule has 1 aromatic carbocycles. The number of alkyl halides is 3. The van der Waals surface area contributed by atoms with Gasteiger partial charge in [-0.1, -0.05) is 6.07 Å². The number of halogens is 3. The van der Waals surface area contributed by atoms with E-state index in [2.05, 4.69) is 5.32 Å². The minimum absolute atomic E-state index is 0.0761. The quantitative estimate of drug-likeness (QED) is 0.864. The summed E-state index contributed by atoms with van der Waals surface area (Å²) in [5.74, 6) is 0. The predicted molar refractivity (Wildman–Crippen MR) is 70.6 cm³/mol.